The van der Waals surface area contributed by atoms with E-state index in [2.05, 4.69) is 0 Å². The molecule has 4 N–H and O–H groups in total. The van der Waals surface area contributed by atoms with Crippen LogP contribution in [0.15, 0.2) is 72.8 Å². The number of aliphatic hydroxyl groups excluding tert-OH is 1. The molecule has 4 heterocycles. The second-order valence-corrected chi connectivity index (χ2v) is 17.0. The molecule has 0 amide bonds. The lowest BCUT2D eigenvalue weighted by Crippen LogP contribution is -2.47. The fraction of sp³-hybridized carbons (Fsp3) is 0.429. The lowest BCUT2D eigenvalue weighted by molar-refractivity contribution is -0.111. The highest BCUT2D eigenvalue weighted by Crippen LogP contribution is 2.59. The second-order valence-electron chi connectivity index (χ2n) is 17.0. The summed E-state index contributed by atoms with van der Waals surface area (Å²) in [5, 5.41) is 46.2. The molecule has 0 bridgehead atoms. The van der Waals surface area contributed by atoms with Crippen LogP contribution in [0.5, 0.6) is 40.2 Å². The van der Waals surface area contributed by atoms with Crippen LogP contribution in [0.1, 0.15) is 97.3 Å². The molecule has 59 heavy (non-hydrogen) atoms. The van der Waals surface area contributed by atoms with Gasteiger partial charge in [0.05, 0.1) is 31.5 Å². The summed E-state index contributed by atoms with van der Waals surface area (Å²) in [6.07, 6.45) is 6.14. The average Bonchev–Trinajstić information content (AvgIpc) is 3.66. The van der Waals surface area contributed by atoms with Crippen molar-refractivity contribution in [3.05, 3.63) is 101 Å². The molecular weight excluding hydrogens is 749 g/mol. The number of benzene rings is 5. The first-order valence-electron chi connectivity index (χ1n) is 21.3. The van der Waals surface area contributed by atoms with E-state index in [4.69, 9.17) is 28.4 Å². The number of rotatable bonds is 10. The summed E-state index contributed by atoms with van der Waals surface area (Å²) in [6.45, 7) is 1.95. The smallest absolute Gasteiger partial charge is 0.133 e. The van der Waals surface area contributed by atoms with Crippen LogP contribution >= 0.6 is 0 Å². The van der Waals surface area contributed by atoms with E-state index in [0.29, 0.717) is 49.7 Å². The van der Waals surface area contributed by atoms with Crippen LogP contribution in [0.2, 0.25) is 0 Å². The van der Waals surface area contributed by atoms with E-state index in [-0.39, 0.29) is 47.9 Å². The number of ether oxygens (including phenoxy) is 6. The van der Waals surface area contributed by atoms with Crippen molar-refractivity contribution in [1.29, 1.82) is 0 Å². The van der Waals surface area contributed by atoms with Gasteiger partial charge in [0.15, 0.2) is 0 Å². The van der Waals surface area contributed by atoms with Crippen molar-refractivity contribution in [2.45, 2.75) is 88.1 Å². The largest absolute Gasteiger partial charge is 0.508 e. The van der Waals surface area contributed by atoms with E-state index in [1.165, 1.54) is 0 Å². The van der Waals surface area contributed by atoms with Gasteiger partial charge in [-0.25, -0.2) is 0 Å². The van der Waals surface area contributed by atoms with E-state index in [1.54, 1.807) is 43.5 Å². The van der Waals surface area contributed by atoms with Gasteiger partial charge in [-0.2, -0.15) is 0 Å². The van der Waals surface area contributed by atoms with Crippen LogP contribution < -0.4 is 18.9 Å². The molecule has 5 aromatic rings. The SMILES string of the molecule is COCCCC1Oc2c3c4c(c5cc(O)ccc25)OCCC4CCOC3C1C1COc2c(Cc3cc(O)ccc3-c3cccc(O)c3)cc(OC3CCCC3)cc2C1O. The van der Waals surface area contributed by atoms with Crippen molar-refractivity contribution in [3.63, 3.8) is 0 Å². The van der Waals surface area contributed by atoms with Gasteiger partial charge in [-0.05, 0) is 129 Å². The molecule has 0 aromatic heterocycles. The number of aliphatic hydroxyl groups is 1. The fourth-order valence-corrected chi connectivity index (χ4v) is 10.7. The number of aromatic hydroxyl groups is 3. The highest BCUT2D eigenvalue weighted by Gasteiger charge is 2.51. The van der Waals surface area contributed by atoms with Gasteiger partial charge in [-0.15, -0.1) is 0 Å². The first kappa shape index (κ1) is 38.1. The third kappa shape index (κ3) is 6.98. The Morgan fingerprint density at radius 1 is 0.746 bits per heavy atom. The van der Waals surface area contributed by atoms with Gasteiger partial charge < -0.3 is 48.8 Å². The van der Waals surface area contributed by atoms with Crippen molar-refractivity contribution < 1.29 is 48.8 Å². The maximum atomic E-state index is 12.8. The lowest BCUT2D eigenvalue weighted by atomic mass is 9.70. The van der Waals surface area contributed by atoms with Crippen molar-refractivity contribution >= 4 is 10.8 Å². The van der Waals surface area contributed by atoms with E-state index >= 15 is 0 Å². The van der Waals surface area contributed by atoms with Crippen molar-refractivity contribution in [2.24, 2.45) is 11.8 Å². The molecule has 0 spiro atoms. The summed E-state index contributed by atoms with van der Waals surface area (Å²) >= 11 is 0. The molecule has 6 atom stereocenters. The molecule has 6 unspecified atom stereocenters. The Morgan fingerprint density at radius 2 is 1.56 bits per heavy atom. The average molecular weight is 801 g/mol. The molecule has 1 fully saturated rings. The highest BCUT2D eigenvalue weighted by molar-refractivity contribution is 5.98. The molecule has 308 valence electrons. The Morgan fingerprint density at radius 3 is 2.41 bits per heavy atom. The monoisotopic (exact) mass is 800 g/mol. The van der Waals surface area contributed by atoms with E-state index in [0.717, 1.165) is 101 Å². The number of methoxy groups -OCH3 is 1. The van der Waals surface area contributed by atoms with Crippen LogP contribution in [-0.4, -0.2) is 66.2 Å². The summed E-state index contributed by atoms with van der Waals surface area (Å²) < 4.78 is 39.7. The standard InChI is InChI=1S/C49H52O10/c1-54-17-5-10-41-43(49-44-42-27(16-19-56-49)15-18-55-47(42)38-24-33(52)12-14-37(38)48(44)59-41)40-26-57-46-30(23-35(25-39(46)45(40)53)58-34-8-2-3-9-34)20-29-22-32(51)11-13-36(29)28-6-4-7-31(50)21-28/h4,6-7,11-14,21-25,27,34,40-41,43,45,49-53H,2-3,5,8-10,15-20,26H2,1H3. The Hall–Kier alpha value is -5.16. The zero-order valence-corrected chi connectivity index (χ0v) is 33.4. The van der Waals surface area contributed by atoms with Crippen LogP contribution in [0.4, 0.5) is 0 Å². The Bertz CT molecular complexity index is 2370. The molecule has 5 aliphatic rings. The third-order valence-corrected chi connectivity index (χ3v) is 13.4. The molecule has 4 aliphatic heterocycles. The maximum absolute atomic E-state index is 12.8. The third-order valence-electron chi connectivity index (χ3n) is 13.4. The molecule has 1 aliphatic carbocycles. The topological polar surface area (TPSA) is 136 Å². The molecule has 5 aromatic carbocycles. The zero-order chi connectivity index (χ0) is 40.2. The first-order chi connectivity index (χ1) is 28.8. The Balaban J connectivity index is 1.08. The molecular formula is C49H52O10. The van der Waals surface area contributed by atoms with Crippen LogP contribution in [0.25, 0.3) is 21.9 Å². The molecule has 10 rings (SSSR count). The molecule has 1 saturated carbocycles. The van der Waals surface area contributed by atoms with Gasteiger partial charge >= 0.3 is 0 Å². The summed E-state index contributed by atoms with van der Waals surface area (Å²) in [5.74, 6) is 2.86. The van der Waals surface area contributed by atoms with Crippen molar-refractivity contribution in [1.82, 2.24) is 0 Å². The minimum atomic E-state index is -0.938. The summed E-state index contributed by atoms with van der Waals surface area (Å²) in [7, 11) is 1.71. The zero-order valence-electron chi connectivity index (χ0n) is 33.4. The van der Waals surface area contributed by atoms with Gasteiger partial charge in [0.25, 0.3) is 0 Å². The predicted octanol–water partition coefficient (Wildman–Crippen LogP) is 9.41. The van der Waals surface area contributed by atoms with Gasteiger partial charge in [-0.1, -0.05) is 18.2 Å². The first-order valence-corrected chi connectivity index (χ1v) is 21.3. The summed E-state index contributed by atoms with van der Waals surface area (Å²) in [6, 6.07) is 21.8. The minimum Gasteiger partial charge on any atom is -0.508 e. The Labute approximate surface area is 344 Å². The van der Waals surface area contributed by atoms with Gasteiger partial charge in [0.2, 0.25) is 0 Å². The van der Waals surface area contributed by atoms with Gasteiger partial charge in [-0.3, -0.25) is 0 Å². The fourth-order valence-electron chi connectivity index (χ4n) is 10.7. The van der Waals surface area contributed by atoms with Crippen molar-refractivity contribution in [2.75, 3.05) is 33.5 Å². The maximum Gasteiger partial charge on any atom is 0.133 e. The van der Waals surface area contributed by atoms with Crippen LogP contribution in [-0.2, 0) is 15.9 Å². The van der Waals surface area contributed by atoms with E-state index in [1.807, 2.05) is 36.4 Å². The van der Waals surface area contributed by atoms with Crippen molar-refractivity contribution in [3.8, 4) is 51.4 Å². The minimum absolute atomic E-state index is 0.0906. The normalized spacial score (nSPS) is 24.6. The number of fused-ring (bicyclic) bond motifs is 4. The van der Waals surface area contributed by atoms with Gasteiger partial charge in [0.1, 0.15) is 46.4 Å². The van der Waals surface area contributed by atoms with Crippen LogP contribution in [0.3, 0.4) is 0 Å². The van der Waals surface area contributed by atoms with E-state index < -0.39 is 18.1 Å². The highest BCUT2D eigenvalue weighted by atomic mass is 16.5. The Kier molecular flexibility index (Phi) is 10.2. The predicted molar refractivity (Wildman–Crippen MR) is 222 cm³/mol. The molecule has 0 saturated heterocycles. The summed E-state index contributed by atoms with van der Waals surface area (Å²) in [5.41, 5.74) is 6.15. The second kappa shape index (κ2) is 15.8. The van der Waals surface area contributed by atoms with Crippen LogP contribution in [0, 0.1) is 11.8 Å². The van der Waals surface area contributed by atoms with E-state index in [9.17, 15) is 20.4 Å². The number of phenolic OH excluding ortho intramolecular Hbond substituents is 3. The number of phenols is 3. The van der Waals surface area contributed by atoms with Gasteiger partial charge in [0, 0.05) is 71.6 Å². The molecule has 0 radical (unpaired) electrons. The number of hydrogen-bond donors (Lipinski definition) is 4. The molecule has 10 heteroatoms. The number of hydrogen-bond acceptors (Lipinski definition) is 10. The lowest BCUT2D eigenvalue weighted by Gasteiger charge is -2.47. The molecule has 10 nitrogen and oxygen atoms in total. The summed E-state index contributed by atoms with van der Waals surface area (Å²) in [4.78, 5) is 0. The quantitative estimate of drug-likeness (QED) is 0.101.